The van der Waals surface area contributed by atoms with Gasteiger partial charge in [-0.15, -0.1) is 0 Å². The van der Waals surface area contributed by atoms with Crippen LogP contribution in [0.5, 0.6) is 28.7 Å². The van der Waals surface area contributed by atoms with Crippen LogP contribution >= 0.6 is 23.2 Å². The zero-order chi connectivity index (χ0) is 29.5. The predicted molar refractivity (Wildman–Crippen MR) is 156 cm³/mol. The quantitative estimate of drug-likeness (QED) is 0.138. The molecule has 0 amide bonds. The van der Waals surface area contributed by atoms with Crippen molar-refractivity contribution in [1.29, 1.82) is 5.26 Å². The van der Waals surface area contributed by atoms with E-state index in [0.29, 0.717) is 29.4 Å². The van der Waals surface area contributed by atoms with Gasteiger partial charge in [-0.1, -0.05) is 61.5 Å². The molecule has 0 saturated carbocycles. The van der Waals surface area contributed by atoms with Crippen LogP contribution in [0.1, 0.15) is 60.0 Å². The minimum atomic E-state index is -0.681. The molecule has 0 aliphatic carbocycles. The number of unbranched alkanes of at least 4 members (excludes halogenated alkanes) is 3. The number of fused-ring (bicyclic) bond motifs is 1. The van der Waals surface area contributed by atoms with Crippen molar-refractivity contribution in [1.82, 2.24) is 0 Å². The van der Waals surface area contributed by atoms with E-state index < -0.39 is 11.9 Å². The Kier molecular flexibility index (Phi) is 9.87. The van der Waals surface area contributed by atoms with Crippen LogP contribution in [0, 0.1) is 11.3 Å². The zero-order valence-electron chi connectivity index (χ0n) is 23.0. The Morgan fingerprint density at radius 2 is 1.76 bits per heavy atom. The van der Waals surface area contributed by atoms with Crippen molar-refractivity contribution in [3.63, 3.8) is 0 Å². The van der Waals surface area contributed by atoms with Gasteiger partial charge >= 0.3 is 5.97 Å². The van der Waals surface area contributed by atoms with Crippen LogP contribution in [0.25, 0.3) is 0 Å². The van der Waals surface area contributed by atoms with Gasteiger partial charge in [-0.05, 0) is 42.3 Å². The Morgan fingerprint density at radius 1 is 1.00 bits per heavy atom. The van der Waals surface area contributed by atoms with Gasteiger partial charge in [-0.3, -0.25) is 0 Å². The molecule has 2 N–H and O–H groups in total. The summed E-state index contributed by atoms with van der Waals surface area (Å²) in [4.78, 5) is 12.8. The number of rotatable bonds is 11. The fraction of sp³-hybridized carbons (Fsp3) is 0.290. The van der Waals surface area contributed by atoms with E-state index in [1.165, 1.54) is 25.7 Å². The van der Waals surface area contributed by atoms with Gasteiger partial charge in [0.2, 0.25) is 5.88 Å². The van der Waals surface area contributed by atoms with Gasteiger partial charge in [-0.2, -0.15) is 5.26 Å². The van der Waals surface area contributed by atoms with E-state index in [0.717, 1.165) is 24.8 Å². The molecule has 4 rings (SSSR count). The smallest absolute Gasteiger partial charge is 0.343 e. The van der Waals surface area contributed by atoms with Gasteiger partial charge in [0, 0.05) is 11.6 Å². The van der Waals surface area contributed by atoms with Crippen molar-refractivity contribution in [2.24, 2.45) is 5.73 Å². The first-order valence-corrected chi connectivity index (χ1v) is 13.8. The number of methoxy groups -OCH3 is 2. The molecule has 1 aliphatic rings. The van der Waals surface area contributed by atoms with Gasteiger partial charge in [0.05, 0.1) is 42.4 Å². The Hall–Kier alpha value is -4.06. The molecular formula is C31H30Cl2N2O6. The molecule has 10 heteroatoms. The van der Waals surface area contributed by atoms with Crippen LogP contribution in [0.2, 0.25) is 10.0 Å². The summed E-state index contributed by atoms with van der Waals surface area (Å²) in [5.41, 5.74) is 7.99. The molecule has 0 spiro atoms. The van der Waals surface area contributed by atoms with Crippen molar-refractivity contribution >= 4 is 29.2 Å². The summed E-state index contributed by atoms with van der Waals surface area (Å²) in [5, 5.41) is 10.3. The number of benzene rings is 3. The third-order valence-corrected chi connectivity index (χ3v) is 7.18. The summed E-state index contributed by atoms with van der Waals surface area (Å²) < 4.78 is 28.0. The van der Waals surface area contributed by atoms with Gasteiger partial charge in [-0.25, -0.2) is 4.79 Å². The van der Waals surface area contributed by atoms with Gasteiger partial charge in [0.1, 0.15) is 23.1 Å². The second-order valence-corrected chi connectivity index (χ2v) is 10.1. The minimum absolute atomic E-state index is 0.0441. The summed E-state index contributed by atoms with van der Waals surface area (Å²) in [6.45, 7) is 2.75. The third kappa shape index (κ3) is 6.64. The monoisotopic (exact) mass is 596 g/mol. The molecule has 0 saturated heterocycles. The van der Waals surface area contributed by atoms with Crippen LogP contribution in [-0.2, 0) is 0 Å². The maximum Gasteiger partial charge on any atom is 0.343 e. The average Bonchev–Trinajstić information content (AvgIpc) is 2.96. The van der Waals surface area contributed by atoms with E-state index in [-0.39, 0.29) is 38.6 Å². The van der Waals surface area contributed by atoms with Crippen LogP contribution in [0.15, 0.2) is 60.0 Å². The zero-order valence-corrected chi connectivity index (χ0v) is 24.5. The Balaban J connectivity index is 1.61. The van der Waals surface area contributed by atoms with Crippen LogP contribution in [-0.4, -0.2) is 26.8 Å². The molecule has 41 heavy (non-hydrogen) atoms. The number of ether oxygens (including phenoxy) is 5. The minimum Gasteiger partial charge on any atom is -0.494 e. The van der Waals surface area contributed by atoms with Crippen LogP contribution < -0.4 is 29.4 Å². The maximum absolute atomic E-state index is 12.8. The molecule has 1 unspecified atom stereocenters. The van der Waals surface area contributed by atoms with Gasteiger partial charge in [0.15, 0.2) is 17.2 Å². The van der Waals surface area contributed by atoms with Crippen LogP contribution in [0.4, 0.5) is 0 Å². The fourth-order valence-electron chi connectivity index (χ4n) is 4.57. The summed E-state index contributed by atoms with van der Waals surface area (Å²) in [6, 6.07) is 15.4. The summed E-state index contributed by atoms with van der Waals surface area (Å²) >= 11 is 12.3. The molecule has 8 nitrogen and oxygen atoms in total. The van der Waals surface area contributed by atoms with Crippen molar-refractivity contribution in [2.45, 2.75) is 38.5 Å². The summed E-state index contributed by atoms with van der Waals surface area (Å²) in [6.07, 6.45) is 4.37. The number of carbonyl (C=O) groups excluding carboxylic acids is 1. The molecule has 1 aliphatic heterocycles. The molecule has 3 aromatic rings. The maximum atomic E-state index is 12.8. The highest BCUT2D eigenvalue weighted by molar-refractivity contribution is 6.37. The number of nitrogens with zero attached hydrogens (tertiary/aromatic N) is 1. The Morgan fingerprint density at radius 3 is 2.41 bits per heavy atom. The van der Waals surface area contributed by atoms with Gasteiger partial charge in [0.25, 0.3) is 0 Å². The number of carbonyl (C=O) groups is 1. The van der Waals surface area contributed by atoms with Crippen molar-refractivity contribution < 1.29 is 28.5 Å². The highest BCUT2D eigenvalue weighted by Gasteiger charge is 2.32. The first-order chi connectivity index (χ1) is 19.8. The molecule has 214 valence electrons. The number of nitriles is 1. The highest BCUT2D eigenvalue weighted by atomic mass is 35.5. The fourth-order valence-corrected chi connectivity index (χ4v) is 5.22. The SMILES string of the molecule is CCCCCCOc1ccc(C2C(C#N)=C(N)Oc3cc(OC(=O)c4cc(Cl)c(OC)c(Cl)c4)ccc32)cc1OC. The highest BCUT2D eigenvalue weighted by Crippen LogP contribution is 2.45. The van der Waals surface area contributed by atoms with E-state index in [1.54, 1.807) is 25.3 Å². The van der Waals surface area contributed by atoms with E-state index in [2.05, 4.69) is 13.0 Å². The van der Waals surface area contributed by atoms with E-state index >= 15 is 0 Å². The number of esters is 1. The lowest BCUT2D eigenvalue weighted by atomic mass is 9.83. The normalized spacial score (nSPS) is 14.0. The number of allylic oxidation sites excluding steroid dienone is 1. The van der Waals surface area contributed by atoms with Crippen molar-refractivity contribution in [3.05, 3.63) is 86.7 Å². The van der Waals surface area contributed by atoms with E-state index in [1.807, 2.05) is 18.2 Å². The van der Waals surface area contributed by atoms with Crippen molar-refractivity contribution in [3.8, 4) is 34.8 Å². The molecule has 1 atom stereocenters. The molecular weight excluding hydrogens is 567 g/mol. The lowest BCUT2D eigenvalue weighted by molar-refractivity contribution is 0.0734. The first-order valence-electron chi connectivity index (χ1n) is 13.1. The summed E-state index contributed by atoms with van der Waals surface area (Å²) in [7, 11) is 3.00. The predicted octanol–water partition coefficient (Wildman–Crippen LogP) is 7.41. The lowest BCUT2D eigenvalue weighted by Gasteiger charge is -2.27. The number of hydrogen-bond acceptors (Lipinski definition) is 8. The second kappa shape index (κ2) is 13.5. The lowest BCUT2D eigenvalue weighted by Crippen LogP contribution is -2.21. The standard InChI is InChI=1S/C31H30Cl2N2O6/c1-4-5-6-7-12-39-25-11-8-18(15-27(25)37-2)28-21-10-9-20(16-26(21)41-30(35)22(28)17-34)40-31(36)19-13-23(32)29(38-3)24(33)14-19/h8-11,13-16,28H,4-7,12,35H2,1-3H3. The van der Waals surface area contributed by atoms with Crippen LogP contribution in [0.3, 0.4) is 0 Å². The number of nitrogens with two attached hydrogens (primary N) is 1. The second-order valence-electron chi connectivity index (χ2n) is 9.31. The van der Waals surface area contributed by atoms with Gasteiger partial charge < -0.3 is 29.4 Å². The number of hydrogen-bond donors (Lipinski definition) is 1. The molecule has 0 aromatic heterocycles. The Bertz CT molecular complexity index is 1490. The molecule has 3 aromatic carbocycles. The average molecular weight is 597 g/mol. The summed E-state index contributed by atoms with van der Waals surface area (Å²) in [5.74, 6) is 0.709. The Labute approximate surface area is 249 Å². The third-order valence-electron chi connectivity index (χ3n) is 6.62. The molecule has 1 heterocycles. The molecule has 0 fully saturated rings. The first kappa shape index (κ1) is 29.9. The largest absolute Gasteiger partial charge is 0.494 e. The number of halogens is 2. The molecule has 0 bridgehead atoms. The van der Waals surface area contributed by atoms with E-state index in [4.69, 9.17) is 52.6 Å². The molecule has 0 radical (unpaired) electrons. The van der Waals surface area contributed by atoms with E-state index in [9.17, 15) is 10.1 Å². The van der Waals surface area contributed by atoms with Crippen molar-refractivity contribution in [2.75, 3.05) is 20.8 Å². The topological polar surface area (TPSA) is 113 Å².